The molecule has 1 fully saturated rings. The van der Waals surface area contributed by atoms with E-state index in [4.69, 9.17) is 5.73 Å². The van der Waals surface area contributed by atoms with Crippen LogP contribution in [0.4, 0.5) is 5.82 Å². The number of aromatic amines is 1. The van der Waals surface area contributed by atoms with Crippen LogP contribution < -0.4 is 21.8 Å². The van der Waals surface area contributed by atoms with Crippen molar-refractivity contribution < 1.29 is 9.59 Å². The second-order valence-corrected chi connectivity index (χ2v) is 6.53. The molecule has 6 N–H and O–H groups in total. The van der Waals surface area contributed by atoms with Crippen LogP contribution >= 0.6 is 0 Å². The Morgan fingerprint density at radius 3 is 3.04 bits per heavy atom. The van der Waals surface area contributed by atoms with Crippen molar-refractivity contribution in [3.05, 3.63) is 23.4 Å². The van der Waals surface area contributed by atoms with Gasteiger partial charge in [-0.3, -0.25) is 9.59 Å². The quantitative estimate of drug-likeness (QED) is 0.511. The van der Waals surface area contributed by atoms with Gasteiger partial charge in [-0.05, 0) is 25.3 Å². The molecule has 1 saturated heterocycles. The van der Waals surface area contributed by atoms with Crippen LogP contribution in [0.5, 0.6) is 0 Å². The maximum Gasteiger partial charge on any atom is 0.248 e. The van der Waals surface area contributed by atoms with E-state index in [9.17, 15) is 9.59 Å². The van der Waals surface area contributed by atoms with Crippen molar-refractivity contribution in [1.29, 1.82) is 0 Å². The number of nitrogens with two attached hydrogens (primary N) is 1. The van der Waals surface area contributed by atoms with Crippen LogP contribution in [0.25, 0.3) is 5.70 Å². The fourth-order valence-electron chi connectivity index (χ4n) is 3.33. The predicted molar refractivity (Wildman–Crippen MR) is 96.1 cm³/mol. The van der Waals surface area contributed by atoms with Gasteiger partial charge < -0.3 is 26.8 Å². The van der Waals surface area contributed by atoms with Crippen LogP contribution in [0.1, 0.15) is 31.7 Å². The number of carbonyl (C=O) groups excluding carboxylic acids is 2. The van der Waals surface area contributed by atoms with Gasteiger partial charge in [-0.25, -0.2) is 5.01 Å². The Balaban J connectivity index is 1.73. The Kier molecular flexibility index (Phi) is 5.28. The number of fused-ring (bicyclic) bond motifs is 1. The van der Waals surface area contributed by atoms with Gasteiger partial charge in [0.2, 0.25) is 11.8 Å². The molecule has 2 aliphatic rings. The van der Waals surface area contributed by atoms with Gasteiger partial charge in [0, 0.05) is 37.9 Å². The highest BCUT2D eigenvalue weighted by atomic mass is 16.2. The maximum absolute atomic E-state index is 12.3. The summed E-state index contributed by atoms with van der Waals surface area (Å²) in [4.78, 5) is 27.2. The van der Waals surface area contributed by atoms with Crippen molar-refractivity contribution in [2.24, 2.45) is 11.7 Å². The first-order valence-corrected chi connectivity index (χ1v) is 8.84. The Hall–Kier alpha value is -2.48. The summed E-state index contributed by atoms with van der Waals surface area (Å²) < 4.78 is 0. The van der Waals surface area contributed by atoms with E-state index >= 15 is 0 Å². The Morgan fingerprint density at radius 1 is 1.44 bits per heavy atom. The van der Waals surface area contributed by atoms with Gasteiger partial charge in [-0.15, -0.1) is 0 Å². The third kappa shape index (κ3) is 3.79. The Morgan fingerprint density at radius 2 is 2.28 bits per heavy atom. The van der Waals surface area contributed by atoms with Crippen molar-refractivity contribution in [2.75, 3.05) is 31.5 Å². The number of carbonyl (C=O) groups is 2. The third-order valence-electron chi connectivity index (χ3n) is 4.67. The summed E-state index contributed by atoms with van der Waals surface area (Å²) in [5, 5.41) is 8.14. The molecule has 2 amide bonds. The molecule has 0 radical (unpaired) electrons. The standard InChI is InChI=1S/C17H26N6O2/c1-2-6-20-17(25)11-4-3-8-23(10-11)22-14-12-5-7-19-16(12)21-9-13(14)15(18)24/h5,7,11,19,21-22H,2-4,6,8-10H2,1H3,(H2,18,24)(H,20,25)/t11-/m0/s1. The molecule has 0 aromatic carbocycles. The zero-order valence-corrected chi connectivity index (χ0v) is 14.5. The van der Waals surface area contributed by atoms with E-state index in [1.54, 1.807) is 0 Å². The smallest absolute Gasteiger partial charge is 0.248 e. The fourth-order valence-corrected chi connectivity index (χ4v) is 3.33. The number of nitrogens with one attached hydrogen (secondary N) is 4. The molecular weight excluding hydrogens is 320 g/mol. The number of hydrazine groups is 1. The molecule has 136 valence electrons. The van der Waals surface area contributed by atoms with E-state index in [1.165, 1.54) is 0 Å². The lowest BCUT2D eigenvalue weighted by atomic mass is 9.98. The number of aromatic nitrogens is 1. The fraction of sp³-hybridized carbons (Fsp3) is 0.529. The van der Waals surface area contributed by atoms with E-state index in [-0.39, 0.29) is 11.8 Å². The summed E-state index contributed by atoms with van der Waals surface area (Å²) in [5.74, 6) is 0.473. The number of nitrogens with zero attached hydrogens (tertiary/aromatic N) is 1. The molecule has 3 rings (SSSR count). The molecule has 0 unspecified atom stereocenters. The molecule has 3 heterocycles. The SMILES string of the molecule is CCCNC(=O)[C@H]1CCCN(NC2=C(C(N)=O)CNc3[nH]ccc32)C1. The number of anilines is 1. The van der Waals surface area contributed by atoms with E-state index < -0.39 is 5.91 Å². The van der Waals surface area contributed by atoms with E-state index in [0.717, 1.165) is 42.9 Å². The molecule has 1 aromatic rings. The van der Waals surface area contributed by atoms with Gasteiger partial charge in [0.25, 0.3) is 0 Å². The number of H-pyrrole nitrogens is 1. The summed E-state index contributed by atoms with van der Waals surface area (Å²) in [7, 11) is 0. The van der Waals surface area contributed by atoms with Crippen LogP contribution in [0.3, 0.4) is 0 Å². The third-order valence-corrected chi connectivity index (χ3v) is 4.67. The second-order valence-electron chi connectivity index (χ2n) is 6.53. The van der Waals surface area contributed by atoms with E-state index in [2.05, 4.69) is 21.0 Å². The highest BCUT2D eigenvalue weighted by molar-refractivity contribution is 6.03. The van der Waals surface area contributed by atoms with Crippen LogP contribution in [0.2, 0.25) is 0 Å². The number of rotatable bonds is 6. The predicted octanol–water partition coefficient (Wildman–Crippen LogP) is 0.379. The van der Waals surface area contributed by atoms with E-state index in [0.29, 0.717) is 25.2 Å². The molecule has 0 saturated carbocycles. The lowest BCUT2D eigenvalue weighted by Gasteiger charge is -2.35. The zero-order chi connectivity index (χ0) is 17.8. The second kappa shape index (κ2) is 7.60. The molecule has 8 nitrogen and oxygen atoms in total. The minimum absolute atomic E-state index is 0.0437. The van der Waals surface area contributed by atoms with Gasteiger partial charge >= 0.3 is 0 Å². The molecule has 8 heteroatoms. The summed E-state index contributed by atoms with van der Waals surface area (Å²) in [6.45, 7) is 4.55. The molecule has 25 heavy (non-hydrogen) atoms. The minimum Gasteiger partial charge on any atom is -0.367 e. The van der Waals surface area contributed by atoms with Crippen LogP contribution in [0.15, 0.2) is 17.8 Å². The highest BCUT2D eigenvalue weighted by Crippen LogP contribution is 2.29. The summed E-state index contributed by atoms with van der Waals surface area (Å²) in [5.41, 5.74) is 11.0. The lowest BCUT2D eigenvalue weighted by molar-refractivity contribution is -0.127. The van der Waals surface area contributed by atoms with Gasteiger partial charge in [-0.2, -0.15) is 0 Å². The monoisotopic (exact) mass is 346 g/mol. The topological polar surface area (TPSA) is 115 Å². The molecule has 0 bridgehead atoms. The van der Waals surface area contributed by atoms with Crippen LogP contribution in [-0.2, 0) is 9.59 Å². The highest BCUT2D eigenvalue weighted by Gasteiger charge is 2.29. The minimum atomic E-state index is -0.448. The lowest BCUT2D eigenvalue weighted by Crippen LogP contribution is -2.49. The number of hydrogen-bond donors (Lipinski definition) is 5. The first-order chi connectivity index (χ1) is 12.1. The summed E-state index contributed by atoms with van der Waals surface area (Å²) in [6, 6.07) is 1.90. The molecule has 0 spiro atoms. The average molecular weight is 346 g/mol. The average Bonchev–Trinajstić information content (AvgIpc) is 3.09. The first kappa shape index (κ1) is 17.3. The van der Waals surface area contributed by atoms with Crippen molar-refractivity contribution in [2.45, 2.75) is 26.2 Å². The summed E-state index contributed by atoms with van der Waals surface area (Å²) >= 11 is 0. The normalized spacial score (nSPS) is 20.6. The molecule has 1 aromatic heterocycles. The van der Waals surface area contributed by atoms with Gasteiger partial charge in [-0.1, -0.05) is 6.92 Å². The summed E-state index contributed by atoms with van der Waals surface area (Å²) in [6.07, 6.45) is 4.56. The zero-order valence-electron chi connectivity index (χ0n) is 14.5. The van der Waals surface area contributed by atoms with Crippen molar-refractivity contribution in [3.8, 4) is 0 Å². The van der Waals surface area contributed by atoms with Gasteiger partial charge in [0.1, 0.15) is 5.82 Å². The molecular formula is C17H26N6O2. The van der Waals surface area contributed by atoms with Crippen LogP contribution in [-0.4, -0.2) is 48.0 Å². The van der Waals surface area contributed by atoms with E-state index in [1.807, 2.05) is 24.2 Å². The van der Waals surface area contributed by atoms with Crippen molar-refractivity contribution in [1.82, 2.24) is 20.7 Å². The number of hydrogen-bond acceptors (Lipinski definition) is 5. The first-order valence-electron chi connectivity index (χ1n) is 8.84. The van der Waals surface area contributed by atoms with Gasteiger partial charge in [0.15, 0.2) is 0 Å². The Labute approximate surface area is 147 Å². The largest absolute Gasteiger partial charge is 0.367 e. The Bertz CT molecular complexity index is 680. The number of primary amides is 1. The maximum atomic E-state index is 12.3. The van der Waals surface area contributed by atoms with Gasteiger partial charge in [0.05, 0.1) is 17.2 Å². The van der Waals surface area contributed by atoms with Crippen molar-refractivity contribution in [3.63, 3.8) is 0 Å². The number of amides is 2. The molecule has 0 aliphatic carbocycles. The van der Waals surface area contributed by atoms with Crippen LogP contribution in [0, 0.1) is 5.92 Å². The molecule has 1 atom stereocenters. The van der Waals surface area contributed by atoms with Crippen molar-refractivity contribution >= 4 is 23.3 Å². The molecule has 2 aliphatic heterocycles. The number of piperidine rings is 1.